The number of hydrogen-bond donors (Lipinski definition) is 1. The maximum Gasteiger partial charge on any atom is 0.312 e. The Bertz CT molecular complexity index is 425. The van der Waals surface area contributed by atoms with E-state index < -0.39 is 16.4 Å². The van der Waals surface area contributed by atoms with Gasteiger partial charge in [0.25, 0.3) is 0 Å². The highest BCUT2D eigenvalue weighted by Crippen LogP contribution is 2.56. The zero-order chi connectivity index (χ0) is 17.2. The van der Waals surface area contributed by atoms with Crippen LogP contribution in [-0.4, -0.2) is 37.7 Å². The molecule has 0 aromatic heterocycles. The van der Waals surface area contributed by atoms with E-state index in [-0.39, 0.29) is 17.8 Å². The lowest BCUT2D eigenvalue weighted by Crippen LogP contribution is -2.47. The van der Waals surface area contributed by atoms with Gasteiger partial charge in [-0.05, 0) is 46.0 Å². The highest BCUT2D eigenvalue weighted by atomic mass is 16.6. The summed E-state index contributed by atoms with van der Waals surface area (Å²) >= 11 is 0. The van der Waals surface area contributed by atoms with Crippen LogP contribution in [0.5, 0.6) is 0 Å². The Labute approximate surface area is 134 Å². The van der Waals surface area contributed by atoms with Crippen LogP contribution in [0.3, 0.4) is 0 Å². The molecule has 5 heteroatoms. The summed E-state index contributed by atoms with van der Waals surface area (Å²) < 4.78 is 10.5. The molecule has 0 aromatic carbocycles. The van der Waals surface area contributed by atoms with Crippen molar-refractivity contribution in [3.8, 4) is 0 Å². The normalized spacial score (nSPS) is 27.5. The van der Waals surface area contributed by atoms with Crippen molar-refractivity contribution in [2.24, 2.45) is 16.7 Å². The molecule has 1 N–H and O–H groups in total. The van der Waals surface area contributed by atoms with Crippen LogP contribution >= 0.6 is 0 Å². The molecule has 5 nitrogen and oxygen atoms in total. The standard InChI is InChI=1S/C17H31NO4/c1-15(2,3)22-14(20)17(6)9-8-12(16(17,4)5)13(19)18-10-11-21-7/h12H,8-11H2,1-7H3,(H,18,19)/t12-,17+/m1/s1. The van der Waals surface area contributed by atoms with Crippen molar-refractivity contribution in [1.29, 1.82) is 0 Å². The average Bonchev–Trinajstić information content (AvgIpc) is 2.60. The topological polar surface area (TPSA) is 64.6 Å². The van der Waals surface area contributed by atoms with Crippen LogP contribution in [0.25, 0.3) is 0 Å². The summed E-state index contributed by atoms with van der Waals surface area (Å²) in [4.78, 5) is 25.1. The summed E-state index contributed by atoms with van der Waals surface area (Å²) in [6, 6.07) is 0. The van der Waals surface area contributed by atoms with Crippen molar-refractivity contribution >= 4 is 11.9 Å². The molecule has 0 spiro atoms. The van der Waals surface area contributed by atoms with Crippen LogP contribution in [0.4, 0.5) is 0 Å². The molecule has 0 heterocycles. The van der Waals surface area contributed by atoms with Gasteiger partial charge in [-0.3, -0.25) is 9.59 Å². The van der Waals surface area contributed by atoms with Gasteiger partial charge in [-0.2, -0.15) is 0 Å². The fourth-order valence-corrected chi connectivity index (χ4v) is 3.11. The number of nitrogens with one attached hydrogen (secondary N) is 1. The molecule has 0 radical (unpaired) electrons. The third-order valence-electron chi connectivity index (χ3n) is 5.00. The van der Waals surface area contributed by atoms with Gasteiger partial charge in [-0.1, -0.05) is 13.8 Å². The summed E-state index contributed by atoms with van der Waals surface area (Å²) in [6.07, 6.45) is 1.36. The highest BCUT2D eigenvalue weighted by Gasteiger charge is 2.59. The van der Waals surface area contributed by atoms with Crippen LogP contribution in [0, 0.1) is 16.7 Å². The Balaban J connectivity index is 2.85. The fourth-order valence-electron chi connectivity index (χ4n) is 3.11. The number of rotatable bonds is 5. The van der Waals surface area contributed by atoms with E-state index in [1.54, 1.807) is 7.11 Å². The number of carbonyl (C=O) groups excluding carboxylic acids is 2. The Kier molecular flexibility index (Phi) is 5.66. The minimum atomic E-state index is -0.649. The Morgan fingerprint density at radius 2 is 1.82 bits per heavy atom. The molecule has 0 aromatic rings. The number of esters is 1. The molecular formula is C17H31NO4. The molecule has 1 aliphatic rings. The van der Waals surface area contributed by atoms with Gasteiger partial charge in [-0.15, -0.1) is 0 Å². The molecular weight excluding hydrogens is 282 g/mol. The minimum absolute atomic E-state index is 0.00525. The van der Waals surface area contributed by atoms with Crippen molar-refractivity contribution < 1.29 is 19.1 Å². The molecule has 0 bridgehead atoms. The SMILES string of the molecule is COCCNC(=O)[C@H]1CC[C@@](C)(C(=O)OC(C)(C)C)C1(C)C. The van der Waals surface area contributed by atoms with E-state index in [1.807, 2.05) is 41.5 Å². The minimum Gasteiger partial charge on any atom is -0.460 e. The van der Waals surface area contributed by atoms with Crippen LogP contribution in [0.15, 0.2) is 0 Å². The number of amides is 1. The molecule has 1 aliphatic carbocycles. The highest BCUT2D eigenvalue weighted by molar-refractivity contribution is 5.84. The van der Waals surface area contributed by atoms with E-state index in [0.717, 1.165) is 0 Å². The number of methoxy groups -OCH3 is 1. The predicted octanol–water partition coefficient (Wildman–Crippen LogP) is 2.53. The molecule has 1 rings (SSSR count). The maximum atomic E-state index is 12.7. The third-order valence-corrected chi connectivity index (χ3v) is 5.00. The molecule has 1 saturated carbocycles. The molecule has 0 aliphatic heterocycles. The first-order valence-corrected chi connectivity index (χ1v) is 7.96. The summed E-state index contributed by atoms with van der Waals surface area (Å²) in [5.74, 6) is -0.409. The molecule has 1 fully saturated rings. The van der Waals surface area contributed by atoms with E-state index in [9.17, 15) is 9.59 Å². The lowest BCUT2D eigenvalue weighted by molar-refractivity contribution is -0.173. The Morgan fingerprint density at radius 1 is 1.23 bits per heavy atom. The van der Waals surface area contributed by atoms with Crippen molar-refractivity contribution in [2.75, 3.05) is 20.3 Å². The molecule has 128 valence electrons. The van der Waals surface area contributed by atoms with Crippen LogP contribution in [0.2, 0.25) is 0 Å². The Morgan fingerprint density at radius 3 is 2.32 bits per heavy atom. The zero-order valence-corrected chi connectivity index (χ0v) is 15.0. The quantitative estimate of drug-likeness (QED) is 0.626. The average molecular weight is 313 g/mol. The van der Waals surface area contributed by atoms with E-state index in [0.29, 0.717) is 26.0 Å². The van der Waals surface area contributed by atoms with E-state index >= 15 is 0 Å². The van der Waals surface area contributed by atoms with Crippen molar-refractivity contribution in [1.82, 2.24) is 5.32 Å². The predicted molar refractivity (Wildman–Crippen MR) is 85.3 cm³/mol. The maximum absolute atomic E-state index is 12.7. The van der Waals surface area contributed by atoms with Crippen LogP contribution in [0.1, 0.15) is 54.4 Å². The summed E-state index contributed by atoms with van der Waals surface area (Å²) in [5, 5.41) is 2.89. The van der Waals surface area contributed by atoms with Gasteiger partial charge in [0.2, 0.25) is 5.91 Å². The second-order valence-electron chi connectivity index (χ2n) is 7.93. The van der Waals surface area contributed by atoms with Gasteiger partial charge in [-0.25, -0.2) is 0 Å². The lowest BCUT2D eigenvalue weighted by atomic mass is 9.65. The number of ether oxygens (including phenoxy) is 2. The van der Waals surface area contributed by atoms with Gasteiger partial charge in [0, 0.05) is 19.6 Å². The third kappa shape index (κ3) is 3.80. The molecule has 1 amide bonds. The van der Waals surface area contributed by atoms with Gasteiger partial charge in [0.15, 0.2) is 0 Å². The van der Waals surface area contributed by atoms with Crippen LogP contribution < -0.4 is 5.32 Å². The first-order valence-electron chi connectivity index (χ1n) is 7.96. The van der Waals surface area contributed by atoms with Crippen molar-refractivity contribution in [2.45, 2.75) is 60.0 Å². The lowest BCUT2D eigenvalue weighted by Gasteiger charge is -2.40. The van der Waals surface area contributed by atoms with Crippen LogP contribution in [-0.2, 0) is 19.1 Å². The molecule has 0 saturated heterocycles. The summed E-state index contributed by atoms with van der Waals surface area (Å²) in [5.41, 5.74) is -1.62. The van der Waals surface area contributed by atoms with Gasteiger partial charge in [0.05, 0.1) is 12.0 Å². The number of hydrogen-bond acceptors (Lipinski definition) is 4. The first-order chi connectivity index (χ1) is 9.95. The van der Waals surface area contributed by atoms with Gasteiger partial charge in [0.1, 0.15) is 5.60 Å². The fraction of sp³-hybridized carbons (Fsp3) is 0.882. The van der Waals surface area contributed by atoms with Gasteiger partial charge >= 0.3 is 5.97 Å². The van der Waals surface area contributed by atoms with E-state index in [4.69, 9.17) is 9.47 Å². The monoisotopic (exact) mass is 313 g/mol. The Hall–Kier alpha value is -1.10. The van der Waals surface area contributed by atoms with Gasteiger partial charge < -0.3 is 14.8 Å². The largest absolute Gasteiger partial charge is 0.460 e. The first kappa shape index (κ1) is 18.9. The van der Waals surface area contributed by atoms with Crippen molar-refractivity contribution in [3.63, 3.8) is 0 Å². The zero-order valence-electron chi connectivity index (χ0n) is 15.0. The van der Waals surface area contributed by atoms with Crippen molar-refractivity contribution in [3.05, 3.63) is 0 Å². The smallest absolute Gasteiger partial charge is 0.312 e. The summed E-state index contributed by atoms with van der Waals surface area (Å²) in [7, 11) is 1.60. The molecule has 0 unspecified atom stereocenters. The number of carbonyl (C=O) groups is 2. The summed E-state index contributed by atoms with van der Waals surface area (Å²) in [6.45, 7) is 12.5. The molecule has 22 heavy (non-hydrogen) atoms. The van der Waals surface area contributed by atoms with E-state index in [2.05, 4.69) is 5.32 Å². The second kappa shape index (κ2) is 6.57. The van der Waals surface area contributed by atoms with E-state index in [1.165, 1.54) is 0 Å². The second-order valence-corrected chi connectivity index (χ2v) is 7.93. The molecule has 2 atom stereocenters.